The number of primary amides is 1. The maximum Gasteiger partial charge on any atom is 0.338 e. The van der Waals surface area contributed by atoms with Crippen LogP contribution in [0.2, 0.25) is 0 Å². The zero-order chi connectivity index (χ0) is 25.7. The number of thiocarbonyl (C=S) groups is 1. The van der Waals surface area contributed by atoms with Gasteiger partial charge in [0.2, 0.25) is 11.0 Å². The first-order valence-electron chi connectivity index (χ1n) is 10.5. The second kappa shape index (κ2) is 10.8. The highest BCUT2D eigenvalue weighted by atomic mass is 32.1. The quantitative estimate of drug-likeness (QED) is 0.386. The van der Waals surface area contributed by atoms with E-state index in [1.807, 2.05) is 0 Å². The average molecular weight is 501 g/mol. The third kappa shape index (κ3) is 5.49. The third-order valence-corrected chi connectivity index (χ3v) is 5.46. The van der Waals surface area contributed by atoms with Gasteiger partial charge in [-0.15, -0.1) is 0 Å². The molecule has 0 bridgehead atoms. The van der Waals surface area contributed by atoms with Crippen LogP contribution in [0.15, 0.2) is 42.5 Å². The number of ether oxygens (including phenoxy) is 3. The first-order chi connectivity index (χ1) is 16.7. The zero-order valence-corrected chi connectivity index (χ0v) is 20.1. The maximum atomic E-state index is 13.2. The number of hydrogen-bond acceptors (Lipinski definition) is 8. The van der Waals surface area contributed by atoms with E-state index in [1.54, 1.807) is 13.0 Å². The lowest BCUT2D eigenvalue weighted by Gasteiger charge is -2.24. The van der Waals surface area contributed by atoms with E-state index in [4.69, 9.17) is 32.2 Å². The third-order valence-electron chi connectivity index (χ3n) is 5.08. The van der Waals surface area contributed by atoms with Gasteiger partial charge < -0.3 is 19.9 Å². The number of carbonyl (C=O) groups excluding carboxylic acids is 4. The van der Waals surface area contributed by atoms with Crippen molar-refractivity contribution in [3.8, 4) is 11.5 Å². The van der Waals surface area contributed by atoms with Gasteiger partial charge in [-0.1, -0.05) is 0 Å². The Bertz CT molecular complexity index is 1150. The molecule has 3 amide bonds. The number of nitrogens with zero attached hydrogens (tertiary/aromatic N) is 2. The summed E-state index contributed by atoms with van der Waals surface area (Å²) in [6, 6.07) is 9.37. The number of esters is 1. The average Bonchev–Trinajstić information content (AvgIpc) is 3.07. The molecule has 12 heteroatoms. The summed E-state index contributed by atoms with van der Waals surface area (Å²) in [5, 5.41) is 1.05. The van der Waals surface area contributed by atoms with Crippen molar-refractivity contribution < 1.29 is 33.4 Å². The SMILES string of the molecule is CCOC(=O)c1ccc(N2C(=O)[C@H](CC(N)=O)N(NC(=O)c3cc(OC)cc(OC)c3)C2=S)cc1. The predicted molar refractivity (Wildman–Crippen MR) is 129 cm³/mol. The van der Waals surface area contributed by atoms with E-state index in [1.165, 1.54) is 50.6 Å². The molecule has 0 aromatic heterocycles. The number of carbonyl (C=O) groups is 4. The van der Waals surface area contributed by atoms with E-state index in [2.05, 4.69) is 5.43 Å². The number of benzene rings is 2. The smallest absolute Gasteiger partial charge is 0.338 e. The standard InChI is InChI=1S/C23H24N4O7S/c1-4-34-22(31)13-5-7-15(8-6-13)26-21(30)18(12-19(24)28)27(23(26)35)25-20(29)14-9-16(32-2)11-17(10-14)33-3/h5-11,18H,4,12H2,1-3H3,(H2,24,28)(H,25,29)/t18-/m0/s1. The van der Waals surface area contributed by atoms with Crippen molar-refractivity contribution in [3.63, 3.8) is 0 Å². The van der Waals surface area contributed by atoms with E-state index >= 15 is 0 Å². The molecule has 2 aromatic carbocycles. The minimum absolute atomic E-state index is 0.0756. The summed E-state index contributed by atoms with van der Waals surface area (Å²) in [6.45, 7) is 1.91. The fourth-order valence-corrected chi connectivity index (χ4v) is 3.77. The van der Waals surface area contributed by atoms with Crippen LogP contribution in [0.1, 0.15) is 34.1 Å². The molecule has 1 aliphatic rings. The summed E-state index contributed by atoms with van der Waals surface area (Å²) in [6.07, 6.45) is -0.391. The van der Waals surface area contributed by atoms with Crippen molar-refractivity contribution in [2.75, 3.05) is 25.7 Å². The highest BCUT2D eigenvalue weighted by molar-refractivity contribution is 7.80. The Kier molecular flexibility index (Phi) is 7.87. The fraction of sp³-hybridized carbons (Fsp3) is 0.261. The van der Waals surface area contributed by atoms with Gasteiger partial charge in [-0.05, 0) is 55.5 Å². The van der Waals surface area contributed by atoms with Crippen molar-refractivity contribution in [1.82, 2.24) is 10.4 Å². The Morgan fingerprint density at radius 3 is 2.14 bits per heavy atom. The molecule has 1 saturated heterocycles. The molecule has 1 atom stereocenters. The Hall–Kier alpha value is -4.19. The van der Waals surface area contributed by atoms with Crippen LogP contribution < -0.4 is 25.5 Å². The highest BCUT2D eigenvalue weighted by Gasteiger charge is 2.45. The van der Waals surface area contributed by atoms with Gasteiger partial charge in [-0.2, -0.15) is 0 Å². The van der Waals surface area contributed by atoms with Gasteiger partial charge in [0.1, 0.15) is 17.5 Å². The molecule has 184 valence electrons. The van der Waals surface area contributed by atoms with E-state index in [9.17, 15) is 19.2 Å². The number of methoxy groups -OCH3 is 2. The van der Waals surface area contributed by atoms with Crippen LogP contribution in [-0.2, 0) is 14.3 Å². The molecule has 0 saturated carbocycles. The Balaban J connectivity index is 1.90. The van der Waals surface area contributed by atoms with Crippen LogP contribution in [0.4, 0.5) is 5.69 Å². The van der Waals surface area contributed by atoms with Gasteiger partial charge >= 0.3 is 5.97 Å². The first-order valence-corrected chi connectivity index (χ1v) is 10.9. The van der Waals surface area contributed by atoms with Gasteiger partial charge in [0.15, 0.2) is 0 Å². The minimum atomic E-state index is -1.17. The minimum Gasteiger partial charge on any atom is -0.497 e. The largest absolute Gasteiger partial charge is 0.497 e. The van der Waals surface area contributed by atoms with E-state index in [0.717, 1.165) is 9.91 Å². The Morgan fingerprint density at radius 2 is 1.63 bits per heavy atom. The van der Waals surface area contributed by atoms with Crippen LogP contribution in [0.5, 0.6) is 11.5 Å². The van der Waals surface area contributed by atoms with Gasteiger partial charge in [-0.3, -0.25) is 24.7 Å². The Morgan fingerprint density at radius 1 is 1.03 bits per heavy atom. The van der Waals surface area contributed by atoms with Crippen molar-refractivity contribution in [1.29, 1.82) is 0 Å². The molecule has 1 aliphatic heterocycles. The molecule has 1 fully saturated rings. The molecular weight excluding hydrogens is 476 g/mol. The number of nitrogens with one attached hydrogen (secondary N) is 1. The summed E-state index contributed by atoms with van der Waals surface area (Å²) >= 11 is 5.47. The van der Waals surface area contributed by atoms with E-state index in [-0.39, 0.29) is 17.3 Å². The van der Waals surface area contributed by atoms with Crippen molar-refractivity contribution >= 4 is 46.7 Å². The molecule has 35 heavy (non-hydrogen) atoms. The number of amides is 3. The Labute approximate surface area is 206 Å². The summed E-state index contributed by atoms with van der Waals surface area (Å²) in [4.78, 5) is 51.0. The lowest BCUT2D eigenvalue weighted by Crippen LogP contribution is -2.49. The molecule has 0 aliphatic carbocycles. The monoisotopic (exact) mass is 500 g/mol. The fourth-order valence-electron chi connectivity index (χ4n) is 3.40. The van der Waals surface area contributed by atoms with Gasteiger partial charge in [-0.25, -0.2) is 9.80 Å². The number of hydrogen-bond donors (Lipinski definition) is 2. The number of anilines is 1. The van der Waals surface area contributed by atoms with Gasteiger partial charge in [0.05, 0.1) is 38.5 Å². The summed E-state index contributed by atoms with van der Waals surface area (Å²) in [5.74, 6) is -1.69. The molecule has 3 rings (SSSR count). The van der Waals surface area contributed by atoms with Crippen LogP contribution in [0.25, 0.3) is 0 Å². The lowest BCUT2D eigenvalue weighted by atomic mass is 10.1. The summed E-state index contributed by atoms with van der Waals surface area (Å²) in [7, 11) is 2.89. The van der Waals surface area contributed by atoms with Crippen molar-refractivity contribution in [2.45, 2.75) is 19.4 Å². The van der Waals surface area contributed by atoms with Crippen LogP contribution in [-0.4, -0.2) is 60.7 Å². The lowest BCUT2D eigenvalue weighted by molar-refractivity contribution is -0.125. The molecule has 0 radical (unpaired) electrons. The summed E-state index contributed by atoms with van der Waals surface area (Å²) < 4.78 is 15.3. The maximum absolute atomic E-state index is 13.2. The predicted octanol–water partition coefficient (Wildman–Crippen LogP) is 1.40. The molecular formula is C23H24N4O7S. The van der Waals surface area contributed by atoms with Gasteiger partial charge in [0.25, 0.3) is 11.8 Å². The topological polar surface area (TPSA) is 140 Å². The normalized spacial score (nSPS) is 15.1. The molecule has 0 spiro atoms. The summed E-state index contributed by atoms with van der Waals surface area (Å²) in [5.41, 5.74) is 8.72. The molecule has 2 aromatic rings. The van der Waals surface area contributed by atoms with Crippen LogP contribution in [0.3, 0.4) is 0 Å². The first kappa shape index (κ1) is 25.4. The molecule has 1 heterocycles. The second-order valence-corrected chi connectivity index (χ2v) is 7.69. The number of rotatable bonds is 9. The van der Waals surface area contributed by atoms with Gasteiger partial charge in [0, 0.05) is 11.6 Å². The molecule has 0 unspecified atom stereocenters. The van der Waals surface area contributed by atoms with Crippen molar-refractivity contribution in [2.24, 2.45) is 5.73 Å². The second-order valence-electron chi connectivity index (χ2n) is 7.32. The zero-order valence-electron chi connectivity index (χ0n) is 19.3. The van der Waals surface area contributed by atoms with E-state index in [0.29, 0.717) is 22.7 Å². The number of nitrogens with two attached hydrogens (primary N) is 1. The van der Waals surface area contributed by atoms with Crippen molar-refractivity contribution in [3.05, 3.63) is 53.6 Å². The van der Waals surface area contributed by atoms with Crippen LogP contribution in [0, 0.1) is 0 Å². The number of hydrazine groups is 1. The highest BCUT2D eigenvalue weighted by Crippen LogP contribution is 2.27. The van der Waals surface area contributed by atoms with Crippen LogP contribution >= 0.6 is 12.2 Å². The molecule has 11 nitrogen and oxygen atoms in total. The van der Waals surface area contributed by atoms with E-state index < -0.39 is 36.2 Å². The molecule has 3 N–H and O–H groups in total.